The smallest absolute Gasteiger partial charge is 0.253 e. The quantitative estimate of drug-likeness (QED) is 0.614. The highest BCUT2D eigenvalue weighted by Gasteiger charge is 2.24. The zero-order valence-electron chi connectivity index (χ0n) is 12.6. The van der Waals surface area contributed by atoms with Crippen LogP contribution in [0.5, 0.6) is 0 Å². The molecule has 0 heterocycles. The number of carbonyl (C=O) groups excluding carboxylic acids is 2. The van der Waals surface area contributed by atoms with Gasteiger partial charge in [-0.15, -0.1) is 0 Å². The fourth-order valence-corrected chi connectivity index (χ4v) is 1.88. The number of Topliss-reactive ketones (excluding diaryl/α,β-unsaturated/α-hetero) is 1. The minimum absolute atomic E-state index is 0.199. The third-order valence-electron chi connectivity index (χ3n) is 2.89. The molecule has 0 aliphatic rings. The average molecular weight is 292 g/mol. The minimum atomic E-state index is -0.728. The van der Waals surface area contributed by atoms with E-state index in [0.29, 0.717) is 5.56 Å². The number of oxime groups is 1. The summed E-state index contributed by atoms with van der Waals surface area (Å²) in [5, 5.41) is 6.18. The van der Waals surface area contributed by atoms with Gasteiger partial charge >= 0.3 is 0 Å². The molecule has 0 aromatic heterocycles. The number of rotatable bonds is 7. The molecule has 1 N–H and O–H groups in total. The van der Waals surface area contributed by atoms with E-state index in [0.717, 1.165) is 11.8 Å². The van der Waals surface area contributed by atoms with Crippen LogP contribution in [0.3, 0.4) is 0 Å². The van der Waals surface area contributed by atoms with Crippen molar-refractivity contribution in [3.05, 3.63) is 35.4 Å². The maximum absolute atomic E-state index is 11.9. The summed E-state index contributed by atoms with van der Waals surface area (Å²) in [5.74, 6) is -0.444. The maximum atomic E-state index is 11.9. The van der Waals surface area contributed by atoms with Gasteiger partial charge in [0.25, 0.3) is 5.91 Å². The number of hydrogen-bond donors (Lipinski definition) is 1. The van der Waals surface area contributed by atoms with E-state index in [1.54, 1.807) is 20.0 Å². The number of nitrogens with one attached hydrogen (secondary N) is 1. The number of amides is 1. The van der Waals surface area contributed by atoms with Crippen molar-refractivity contribution in [2.45, 2.75) is 26.1 Å². The van der Waals surface area contributed by atoms with Crippen LogP contribution in [0.15, 0.2) is 29.4 Å². The molecule has 2 unspecified atom stereocenters. The number of hydrogen-bond acceptors (Lipinski definition) is 5. The minimum Gasteiger partial charge on any atom is -0.388 e. The van der Waals surface area contributed by atoms with Gasteiger partial charge in [0.15, 0.2) is 11.9 Å². The van der Waals surface area contributed by atoms with Crippen LogP contribution in [0.2, 0.25) is 0 Å². The first-order chi connectivity index (χ1) is 10.0. The van der Waals surface area contributed by atoms with Gasteiger partial charge in [0, 0.05) is 26.6 Å². The highest BCUT2D eigenvalue weighted by molar-refractivity contribution is 6.26. The first-order valence-corrected chi connectivity index (χ1v) is 6.54. The molecule has 1 aromatic rings. The molecule has 0 spiro atoms. The van der Waals surface area contributed by atoms with Gasteiger partial charge in [-0.2, -0.15) is 0 Å². The molecular weight excluding hydrogens is 272 g/mol. The van der Waals surface area contributed by atoms with Crippen LogP contribution in [-0.4, -0.2) is 32.1 Å². The standard InChI is InChI=1S/C15H20N2O4/c1-10(18)9-17-21-11(2)12-7-5-6-8-13(12)14(20-4)15(19)16-3/h5-9,11,14H,1-4H3,(H,16,19). The topological polar surface area (TPSA) is 77.0 Å². The Labute approximate surface area is 124 Å². The molecular formula is C15H20N2O4. The molecule has 114 valence electrons. The number of methoxy groups -OCH3 is 1. The lowest BCUT2D eigenvalue weighted by Gasteiger charge is -2.20. The number of ether oxygens (including phenoxy) is 1. The number of carbonyl (C=O) groups is 2. The molecule has 0 aliphatic heterocycles. The monoisotopic (exact) mass is 292 g/mol. The van der Waals surface area contributed by atoms with Crippen molar-refractivity contribution in [3.63, 3.8) is 0 Å². The summed E-state index contributed by atoms with van der Waals surface area (Å²) >= 11 is 0. The molecule has 0 bridgehead atoms. The Morgan fingerprint density at radius 1 is 1.29 bits per heavy atom. The summed E-state index contributed by atoms with van der Waals surface area (Å²) < 4.78 is 5.26. The fourth-order valence-electron chi connectivity index (χ4n) is 1.88. The first-order valence-electron chi connectivity index (χ1n) is 6.54. The summed E-state index contributed by atoms with van der Waals surface area (Å²) in [6, 6.07) is 7.29. The van der Waals surface area contributed by atoms with Crippen molar-refractivity contribution < 1.29 is 19.2 Å². The molecule has 0 radical (unpaired) electrons. The van der Waals surface area contributed by atoms with Crippen LogP contribution in [0, 0.1) is 0 Å². The number of likely N-dealkylation sites (N-methyl/N-ethyl adjacent to an activating group) is 1. The highest BCUT2D eigenvalue weighted by Crippen LogP contribution is 2.28. The predicted molar refractivity (Wildman–Crippen MR) is 78.9 cm³/mol. The van der Waals surface area contributed by atoms with Gasteiger partial charge in [-0.1, -0.05) is 29.4 Å². The van der Waals surface area contributed by atoms with Crippen molar-refractivity contribution >= 4 is 17.9 Å². The Morgan fingerprint density at radius 3 is 2.43 bits per heavy atom. The van der Waals surface area contributed by atoms with E-state index in [1.165, 1.54) is 14.0 Å². The van der Waals surface area contributed by atoms with E-state index >= 15 is 0 Å². The number of benzene rings is 1. The Morgan fingerprint density at radius 2 is 1.90 bits per heavy atom. The second-order valence-corrected chi connectivity index (χ2v) is 4.45. The van der Waals surface area contributed by atoms with Gasteiger partial charge in [0.2, 0.25) is 0 Å². The van der Waals surface area contributed by atoms with Gasteiger partial charge < -0.3 is 14.9 Å². The van der Waals surface area contributed by atoms with Gasteiger partial charge in [0.1, 0.15) is 12.3 Å². The lowest BCUT2D eigenvalue weighted by Crippen LogP contribution is -2.28. The van der Waals surface area contributed by atoms with E-state index in [4.69, 9.17) is 9.57 Å². The van der Waals surface area contributed by atoms with E-state index in [1.807, 2.05) is 18.2 Å². The zero-order valence-corrected chi connectivity index (χ0v) is 12.6. The Hall–Kier alpha value is -2.21. The van der Waals surface area contributed by atoms with Gasteiger partial charge in [-0.05, 0) is 12.5 Å². The fraction of sp³-hybridized carbons (Fsp3) is 0.400. The third kappa shape index (κ3) is 4.68. The Balaban J connectivity index is 3.02. The summed E-state index contributed by atoms with van der Waals surface area (Å²) in [7, 11) is 3.02. The van der Waals surface area contributed by atoms with Crippen LogP contribution >= 0.6 is 0 Å². The molecule has 1 aromatic carbocycles. The van der Waals surface area contributed by atoms with E-state index in [2.05, 4.69) is 10.5 Å². The molecule has 6 heteroatoms. The molecule has 1 rings (SSSR count). The van der Waals surface area contributed by atoms with Gasteiger partial charge in [-0.3, -0.25) is 9.59 Å². The van der Waals surface area contributed by atoms with E-state index in [9.17, 15) is 9.59 Å². The van der Waals surface area contributed by atoms with Crippen molar-refractivity contribution in [1.29, 1.82) is 0 Å². The van der Waals surface area contributed by atoms with E-state index in [-0.39, 0.29) is 11.7 Å². The Kier molecular flexibility index (Phi) is 6.55. The lowest BCUT2D eigenvalue weighted by molar-refractivity contribution is -0.131. The molecule has 1 amide bonds. The van der Waals surface area contributed by atoms with Crippen LogP contribution < -0.4 is 5.32 Å². The van der Waals surface area contributed by atoms with Crippen LogP contribution in [0.4, 0.5) is 0 Å². The van der Waals surface area contributed by atoms with Crippen LogP contribution in [0.1, 0.15) is 37.2 Å². The third-order valence-corrected chi connectivity index (χ3v) is 2.89. The summed E-state index contributed by atoms with van der Waals surface area (Å²) in [6.07, 6.45) is -0.0424. The van der Waals surface area contributed by atoms with Gasteiger partial charge in [0.05, 0.1) is 0 Å². The van der Waals surface area contributed by atoms with Crippen molar-refractivity contribution in [3.8, 4) is 0 Å². The molecule has 0 saturated carbocycles. The summed E-state index contributed by atoms with van der Waals surface area (Å²) in [5.41, 5.74) is 1.47. The molecule has 6 nitrogen and oxygen atoms in total. The SMILES string of the molecule is CNC(=O)C(OC)c1ccccc1C(C)ON=CC(C)=O. The molecule has 21 heavy (non-hydrogen) atoms. The molecule has 0 aliphatic carbocycles. The number of nitrogens with zero attached hydrogens (tertiary/aromatic N) is 1. The maximum Gasteiger partial charge on any atom is 0.253 e. The molecule has 0 saturated heterocycles. The molecule has 0 fully saturated rings. The normalized spacial score (nSPS) is 13.7. The first kappa shape index (κ1) is 16.8. The van der Waals surface area contributed by atoms with E-state index < -0.39 is 12.2 Å². The number of ketones is 1. The summed E-state index contributed by atoms with van der Waals surface area (Å²) in [6.45, 7) is 3.17. The average Bonchev–Trinajstić information content (AvgIpc) is 2.47. The highest BCUT2D eigenvalue weighted by atomic mass is 16.6. The van der Waals surface area contributed by atoms with Gasteiger partial charge in [-0.25, -0.2) is 0 Å². The van der Waals surface area contributed by atoms with Crippen LogP contribution in [-0.2, 0) is 19.2 Å². The zero-order chi connectivity index (χ0) is 15.8. The predicted octanol–water partition coefficient (Wildman–Crippen LogP) is 1.77. The Bertz CT molecular complexity index is 528. The van der Waals surface area contributed by atoms with Crippen molar-refractivity contribution in [2.24, 2.45) is 5.16 Å². The second kappa shape index (κ2) is 8.16. The van der Waals surface area contributed by atoms with Crippen molar-refractivity contribution in [1.82, 2.24) is 5.32 Å². The van der Waals surface area contributed by atoms with Crippen LogP contribution in [0.25, 0.3) is 0 Å². The summed E-state index contributed by atoms with van der Waals surface area (Å²) in [4.78, 5) is 27.9. The molecule has 2 atom stereocenters. The van der Waals surface area contributed by atoms with Crippen molar-refractivity contribution in [2.75, 3.05) is 14.2 Å². The largest absolute Gasteiger partial charge is 0.388 e. The lowest BCUT2D eigenvalue weighted by atomic mass is 9.98. The second-order valence-electron chi connectivity index (χ2n) is 4.45.